The molecule has 0 saturated carbocycles. The minimum absolute atomic E-state index is 0.117. The Hall–Kier alpha value is -0.680. The average Bonchev–Trinajstić information content (AvgIpc) is 2.71. The van der Waals surface area contributed by atoms with Gasteiger partial charge in [-0.05, 0) is 19.8 Å². The molecular weight excluding hydrogens is 224 g/mol. The number of amides is 1. The predicted octanol–water partition coefficient (Wildman–Crippen LogP) is 1.08. The summed E-state index contributed by atoms with van der Waals surface area (Å²) in [7, 11) is 0. The molecule has 0 aliphatic carbocycles. The maximum absolute atomic E-state index is 11.9. The molecule has 5 heteroatoms. The minimum Gasteiger partial charge on any atom is -0.393 e. The van der Waals surface area contributed by atoms with Crippen molar-refractivity contribution in [3.05, 3.63) is 0 Å². The number of hydrogen-bond donors (Lipinski definition) is 1. The first-order valence-electron chi connectivity index (χ1n) is 5.81. The van der Waals surface area contributed by atoms with E-state index in [1.807, 2.05) is 6.92 Å². The summed E-state index contributed by atoms with van der Waals surface area (Å²) in [5.41, 5.74) is 5.43. The minimum atomic E-state index is 0.117. The van der Waals surface area contributed by atoms with Crippen LogP contribution in [0.1, 0.15) is 32.6 Å². The lowest BCUT2D eigenvalue weighted by Crippen LogP contribution is -2.35. The molecule has 4 nitrogen and oxygen atoms in total. The second-order valence-electron chi connectivity index (χ2n) is 4.03. The van der Waals surface area contributed by atoms with Gasteiger partial charge in [-0.15, -0.1) is 0 Å². The van der Waals surface area contributed by atoms with Gasteiger partial charge in [-0.25, -0.2) is 0 Å². The summed E-state index contributed by atoms with van der Waals surface area (Å²) < 4.78 is 5.45. The number of ether oxygens (including phenoxy) is 1. The summed E-state index contributed by atoms with van der Waals surface area (Å²) in [5, 5.41) is 0. The van der Waals surface area contributed by atoms with Crippen molar-refractivity contribution in [2.75, 3.05) is 19.7 Å². The van der Waals surface area contributed by atoms with E-state index in [4.69, 9.17) is 22.7 Å². The van der Waals surface area contributed by atoms with Crippen LogP contribution in [0.15, 0.2) is 0 Å². The molecule has 1 aliphatic heterocycles. The zero-order valence-corrected chi connectivity index (χ0v) is 10.6. The number of carbonyl (C=O) groups excluding carboxylic acids is 1. The monoisotopic (exact) mass is 244 g/mol. The Morgan fingerprint density at radius 3 is 2.88 bits per heavy atom. The highest BCUT2D eigenvalue weighted by atomic mass is 32.1. The molecule has 2 N–H and O–H groups in total. The van der Waals surface area contributed by atoms with E-state index in [1.54, 1.807) is 4.90 Å². The van der Waals surface area contributed by atoms with Crippen LogP contribution in [0.4, 0.5) is 0 Å². The zero-order chi connectivity index (χ0) is 12.0. The SMILES string of the molecule is CCN(CCC(N)=S)C(=O)CC1CCCO1. The predicted molar refractivity (Wildman–Crippen MR) is 67.2 cm³/mol. The molecule has 1 saturated heterocycles. The van der Waals surface area contributed by atoms with E-state index in [1.165, 1.54) is 0 Å². The number of nitrogens with two attached hydrogens (primary N) is 1. The van der Waals surface area contributed by atoms with E-state index in [2.05, 4.69) is 0 Å². The first-order valence-corrected chi connectivity index (χ1v) is 6.22. The topological polar surface area (TPSA) is 55.6 Å². The van der Waals surface area contributed by atoms with Crippen LogP contribution in [0.5, 0.6) is 0 Å². The Bertz CT molecular complexity index is 252. The molecule has 0 aromatic carbocycles. The second kappa shape index (κ2) is 6.81. The lowest BCUT2D eigenvalue weighted by atomic mass is 10.1. The van der Waals surface area contributed by atoms with Gasteiger partial charge in [0.25, 0.3) is 0 Å². The summed E-state index contributed by atoms with van der Waals surface area (Å²) in [6.45, 7) is 4.08. The molecule has 0 bridgehead atoms. The van der Waals surface area contributed by atoms with Crippen LogP contribution in [0.25, 0.3) is 0 Å². The molecule has 1 rings (SSSR count). The summed E-state index contributed by atoms with van der Waals surface area (Å²) in [6.07, 6.45) is 3.27. The second-order valence-corrected chi connectivity index (χ2v) is 4.55. The molecule has 1 aliphatic rings. The van der Waals surface area contributed by atoms with E-state index < -0.39 is 0 Å². The third-order valence-corrected chi connectivity index (χ3v) is 2.99. The smallest absolute Gasteiger partial charge is 0.225 e. The van der Waals surface area contributed by atoms with Gasteiger partial charge in [-0.1, -0.05) is 12.2 Å². The molecule has 1 fully saturated rings. The van der Waals surface area contributed by atoms with Gasteiger partial charge in [0.05, 0.1) is 17.5 Å². The van der Waals surface area contributed by atoms with Gasteiger partial charge in [0.1, 0.15) is 0 Å². The fourth-order valence-corrected chi connectivity index (χ4v) is 1.92. The van der Waals surface area contributed by atoms with Gasteiger partial charge < -0.3 is 15.4 Å². The third-order valence-electron chi connectivity index (χ3n) is 2.79. The Morgan fingerprint density at radius 2 is 2.38 bits per heavy atom. The molecule has 92 valence electrons. The standard InChI is InChI=1S/C11H20N2O2S/c1-2-13(6-5-10(12)16)11(14)8-9-4-3-7-15-9/h9H,2-8H2,1H3,(H2,12,16). The van der Waals surface area contributed by atoms with Gasteiger partial charge >= 0.3 is 0 Å². The quantitative estimate of drug-likeness (QED) is 0.710. The van der Waals surface area contributed by atoms with E-state index >= 15 is 0 Å². The van der Waals surface area contributed by atoms with Crippen LogP contribution in [-0.4, -0.2) is 41.6 Å². The first-order chi connectivity index (χ1) is 7.63. The maximum atomic E-state index is 11.9. The van der Waals surface area contributed by atoms with Gasteiger partial charge in [0.15, 0.2) is 0 Å². The Labute approximate surface area is 102 Å². The number of carbonyl (C=O) groups is 1. The normalized spacial score (nSPS) is 19.7. The summed E-state index contributed by atoms with van der Waals surface area (Å²) in [6, 6.07) is 0. The van der Waals surface area contributed by atoms with Crippen LogP contribution < -0.4 is 5.73 Å². The van der Waals surface area contributed by atoms with Crippen LogP contribution in [0.3, 0.4) is 0 Å². The van der Waals surface area contributed by atoms with Crippen molar-refractivity contribution in [1.29, 1.82) is 0 Å². The fraction of sp³-hybridized carbons (Fsp3) is 0.818. The number of nitrogens with zero attached hydrogens (tertiary/aromatic N) is 1. The van der Waals surface area contributed by atoms with Crippen molar-refractivity contribution in [1.82, 2.24) is 4.90 Å². The molecule has 0 spiro atoms. The van der Waals surface area contributed by atoms with Gasteiger partial charge in [0.2, 0.25) is 5.91 Å². The summed E-state index contributed by atoms with van der Waals surface area (Å²) >= 11 is 4.81. The largest absolute Gasteiger partial charge is 0.393 e. The van der Waals surface area contributed by atoms with Crippen molar-refractivity contribution in [2.45, 2.75) is 38.7 Å². The van der Waals surface area contributed by atoms with Crippen LogP contribution in [0.2, 0.25) is 0 Å². The van der Waals surface area contributed by atoms with Crippen molar-refractivity contribution < 1.29 is 9.53 Å². The summed E-state index contributed by atoms with van der Waals surface area (Å²) in [5.74, 6) is 0.144. The number of thiocarbonyl (C=S) groups is 1. The molecule has 0 radical (unpaired) electrons. The Kier molecular flexibility index (Phi) is 5.69. The fourth-order valence-electron chi connectivity index (χ4n) is 1.83. The van der Waals surface area contributed by atoms with Crippen LogP contribution in [0, 0.1) is 0 Å². The highest BCUT2D eigenvalue weighted by Gasteiger charge is 2.21. The van der Waals surface area contributed by atoms with E-state index in [0.29, 0.717) is 30.9 Å². The first kappa shape index (κ1) is 13.4. The molecule has 1 atom stereocenters. The Morgan fingerprint density at radius 1 is 1.62 bits per heavy atom. The lowest BCUT2D eigenvalue weighted by Gasteiger charge is -2.22. The Balaban J connectivity index is 2.32. The average molecular weight is 244 g/mol. The van der Waals surface area contributed by atoms with E-state index in [9.17, 15) is 4.79 Å². The molecule has 16 heavy (non-hydrogen) atoms. The third kappa shape index (κ3) is 4.45. The molecule has 1 heterocycles. The van der Waals surface area contributed by atoms with Crippen molar-refractivity contribution in [3.8, 4) is 0 Å². The molecule has 0 aromatic rings. The van der Waals surface area contributed by atoms with Crippen LogP contribution >= 0.6 is 12.2 Å². The van der Waals surface area contributed by atoms with Gasteiger partial charge in [0, 0.05) is 26.1 Å². The lowest BCUT2D eigenvalue weighted by molar-refractivity contribution is -0.133. The summed E-state index contributed by atoms with van der Waals surface area (Å²) in [4.78, 5) is 14.2. The molecular formula is C11H20N2O2S. The van der Waals surface area contributed by atoms with Crippen LogP contribution in [-0.2, 0) is 9.53 Å². The van der Waals surface area contributed by atoms with Crippen molar-refractivity contribution in [3.63, 3.8) is 0 Å². The van der Waals surface area contributed by atoms with Gasteiger partial charge in [-0.3, -0.25) is 4.79 Å². The molecule has 1 unspecified atom stereocenters. The number of rotatable bonds is 6. The maximum Gasteiger partial charge on any atom is 0.225 e. The zero-order valence-electron chi connectivity index (χ0n) is 9.78. The van der Waals surface area contributed by atoms with Gasteiger partial charge in [-0.2, -0.15) is 0 Å². The van der Waals surface area contributed by atoms with E-state index in [-0.39, 0.29) is 12.0 Å². The highest BCUT2D eigenvalue weighted by Crippen LogP contribution is 2.16. The molecule has 0 aromatic heterocycles. The molecule has 1 amide bonds. The van der Waals surface area contributed by atoms with Crippen molar-refractivity contribution in [2.24, 2.45) is 5.73 Å². The van der Waals surface area contributed by atoms with Crippen molar-refractivity contribution >= 4 is 23.1 Å². The number of hydrogen-bond acceptors (Lipinski definition) is 3. The highest BCUT2D eigenvalue weighted by molar-refractivity contribution is 7.80. The van der Waals surface area contributed by atoms with E-state index in [0.717, 1.165) is 19.4 Å².